The zero-order valence-electron chi connectivity index (χ0n) is 7.88. The molecule has 0 spiro atoms. The van der Waals surface area contributed by atoms with Crippen LogP contribution in [0.25, 0.3) is 0 Å². The van der Waals surface area contributed by atoms with Crippen LogP contribution in [-0.2, 0) is 4.74 Å². The molecule has 0 bridgehead atoms. The first kappa shape index (κ1) is 9.59. The second-order valence-corrected chi connectivity index (χ2v) is 3.26. The first-order valence-electron chi connectivity index (χ1n) is 4.94. The van der Waals surface area contributed by atoms with Crippen LogP contribution in [0.2, 0.25) is 0 Å². The zero-order chi connectivity index (χ0) is 8.65. The molecule has 0 aromatic carbocycles. The summed E-state index contributed by atoms with van der Waals surface area (Å²) in [4.78, 5) is 0. The Morgan fingerprint density at radius 3 is 3.17 bits per heavy atom. The van der Waals surface area contributed by atoms with E-state index in [2.05, 4.69) is 18.3 Å². The van der Waals surface area contributed by atoms with Crippen LogP contribution in [0.1, 0.15) is 32.6 Å². The monoisotopic (exact) mass is 169 g/mol. The van der Waals surface area contributed by atoms with Crippen molar-refractivity contribution >= 4 is 0 Å². The summed E-state index contributed by atoms with van der Waals surface area (Å²) < 4.78 is 5.42. The zero-order valence-corrected chi connectivity index (χ0v) is 7.88. The molecule has 0 saturated carbocycles. The molecule has 0 aromatic heterocycles. The van der Waals surface area contributed by atoms with Gasteiger partial charge in [-0.1, -0.05) is 13.3 Å². The molecule has 1 heterocycles. The van der Waals surface area contributed by atoms with Crippen LogP contribution < -0.4 is 5.32 Å². The third-order valence-electron chi connectivity index (χ3n) is 2.10. The SMILES string of the molecule is CCCCNCC1CCC=CO1. The highest BCUT2D eigenvalue weighted by Crippen LogP contribution is 2.08. The Morgan fingerprint density at radius 2 is 2.50 bits per heavy atom. The Balaban J connectivity index is 1.95. The molecule has 2 nitrogen and oxygen atoms in total. The number of hydrogen-bond acceptors (Lipinski definition) is 2. The lowest BCUT2D eigenvalue weighted by Crippen LogP contribution is -2.29. The van der Waals surface area contributed by atoms with Crippen molar-refractivity contribution in [2.75, 3.05) is 13.1 Å². The van der Waals surface area contributed by atoms with E-state index in [0.29, 0.717) is 6.10 Å². The smallest absolute Gasteiger partial charge is 0.110 e. The van der Waals surface area contributed by atoms with E-state index in [1.807, 2.05) is 6.26 Å². The van der Waals surface area contributed by atoms with Crippen molar-refractivity contribution in [3.8, 4) is 0 Å². The van der Waals surface area contributed by atoms with E-state index in [-0.39, 0.29) is 0 Å². The maximum Gasteiger partial charge on any atom is 0.110 e. The molecule has 1 atom stereocenters. The molecule has 0 amide bonds. The number of nitrogens with one attached hydrogen (secondary N) is 1. The van der Waals surface area contributed by atoms with Crippen LogP contribution in [0.15, 0.2) is 12.3 Å². The predicted molar refractivity (Wildman–Crippen MR) is 51.0 cm³/mol. The molecule has 1 aliphatic rings. The molecule has 0 aliphatic carbocycles. The molecule has 1 aliphatic heterocycles. The van der Waals surface area contributed by atoms with Gasteiger partial charge in [0.2, 0.25) is 0 Å². The van der Waals surface area contributed by atoms with Crippen LogP contribution in [-0.4, -0.2) is 19.2 Å². The third kappa shape index (κ3) is 3.77. The van der Waals surface area contributed by atoms with Gasteiger partial charge in [0, 0.05) is 6.54 Å². The van der Waals surface area contributed by atoms with Gasteiger partial charge in [-0.2, -0.15) is 0 Å². The van der Waals surface area contributed by atoms with Gasteiger partial charge < -0.3 is 10.1 Å². The summed E-state index contributed by atoms with van der Waals surface area (Å²) in [5.74, 6) is 0. The fourth-order valence-electron chi connectivity index (χ4n) is 1.30. The van der Waals surface area contributed by atoms with Gasteiger partial charge in [-0.05, 0) is 31.9 Å². The summed E-state index contributed by atoms with van der Waals surface area (Å²) >= 11 is 0. The van der Waals surface area contributed by atoms with Gasteiger partial charge in [0.05, 0.1) is 6.26 Å². The highest BCUT2D eigenvalue weighted by molar-refractivity contribution is 4.82. The highest BCUT2D eigenvalue weighted by Gasteiger charge is 2.08. The number of hydrogen-bond donors (Lipinski definition) is 1. The van der Waals surface area contributed by atoms with Crippen molar-refractivity contribution < 1.29 is 4.74 Å². The fraction of sp³-hybridized carbons (Fsp3) is 0.800. The van der Waals surface area contributed by atoms with E-state index in [1.165, 1.54) is 19.3 Å². The van der Waals surface area contributed by atoms with Crippen molar-refractivity contribution in [1.29, 1.82) is 0 Å². The predicted octanol–water partition coefficient (Wildman–Crippen LogP) is 2.07. The molecule has 1 rings (SSSR count). The summed E-state index contributed by atoms with van der Waals surface area (Å²) in [5.41, 5.74) is 0. The Bertz CT molecular complexity index is 134. The lowest BCUT2D eigenvalue weighted by Gasteiger charge is -2.19. The topological polar surface area (TPSA) is 21.3 Å². The third-order valence-corrected chi connectivity index (χ3v) is 2.10. The minimum atomic E-state index is 0.409. The van der Waals surface area contributed by atoms with Crippen LogP contribution >= 0.6 is 0 Å². The summed E-state index contributed by atoms with van der Waals surface area (Å²) in [5, 5.41) is 3.40. The number of rotatable bonds is 5. The molecule has 0 aromatic rings. The molecule has 1 N–H and O–H groups in total. The van der Waals surface area contributed by atoms with Gasteiger partial charge >= 0.3 is 0 Å². The molecule has 2 heteroatoms. The molecule has 70 valence electrons. The molecular formula is C10H19NO. The van der Waals surface area contributed by atoms with E-state index in [9.17, 15) is 0 Å². The Morgan fingerprint density at radius 1 is 1.58 bits per heavy atom. The second kappa shape index (κ2) is 6.06. The van der Waals surface area contributed by atoms with Gasteiger partial charge in [-0.15, -0.1) is 0 Å². The van der Waals surface area contributed by atoms with Crippen LogP contribution in [0.4, 0.5) is 0 Å². The van der Waals surface area contributed by atoms with Gasteiger partial charge in [-0.3, -0.25) is 0 Å². The van der Waals surface area contributed by atoms with Gasteiger partial charge in [0.25, 0.3) is 0 Å². The second-order valence-electron chi connectivity index (χ2n) is 3.26. The van der Waals surface area contributed by atoms with E-state index in [4.69, 9.17) is 4.74 Å². The van der Waals surface area contributed by atoms with E-state index in [0.717, 1.165) is 19.5 Å². The maximum absolute atomic E-state index is 5.42. The molecule has 12 heavy (non-hydrogen) atoms. The van der Waals surface area contributed by atoms with E-state index < -0.39 is 0 Å². The lowest BCUT2D eigenvalue weighted by atomic mass is 10.1. The molecule has 1 unspecified atom stereocenters. The number of ether oxygens (including phenoxy) is 1. The first-order chi connectivity index (χ1) is 5.93. The van der Waals surface area contributed by atoms with Gasteiger partial charge in [0.1, 0.15) is 6.10 Å². The largest absolute Gasteiger partial charge is 0.497 e. The van der Waals surface area contributed by atoms with Crippen LogP contribution in [0.5, 0.6) is 0 Å². The van der Waals surface area contributed by atoms with Crippen LogP contribution in [0, 0.1) is 0 Å². The normalized spacial score (nSPS) is 22.2. The van der Waals surface area contributed by atoms with E-state index in [1.54, 1.807) is 0 Å². The number of allylic oxidation sites excluding steroid dienone is 1. The van der Waals surface area contributed by atoms with Crippen LogP contribution in [0.3, 0.4) is 0 Å². The van der Waals surface area contributed by atoms with Crippen molar-refractivity contribution in [3.05, 3.63) is 12.3 Å². The summed E-state index contributed by atoms with van der Waals surface area (Å²) in [6.07, 6.45) is 9.18. The maximum atomic E-state index is 5.42. The summed E-state index contributed by atoms with van der Waals surface area (Å²) in [7, 11) is 0. The highest BCUT2D eigenvalue weighted by atomic mass is 16.5. The molecule has 0 radical (unpaired) electrons. The fourth-order valence-corrected chi connectivity index (χ4v) is 1.30. The molecule has 0 saturated heterocycles. The van der Waals surface area contributed by atoms with Crippen molar-refractivity contribution in [2.24, 2.45) is 0 Å². The summed E-state index contributed by atoms with van der Waals surface area (Å²) in [6.45, 7) is 4.34. The lowest BCUT2D eigenvalue weighted by molar-refractivity contribution is 0.122. The Hall–Kier alpha value is -0.500. The van der Waals surface area contributed by atoms with E-state index >= 15 is 0 Å². The van der Waals surface area contributed by atoms with Gasteiger partial charge in [-0.25, -0.2) is 0 Å². The molecular weight excluding hydrogens is 150 g/mol. The Kier molecular flexibility index (Phi) is 4.85. The standard InChI is InChI=1S/C10H19NO/c1-2-3-7-11-9-10-6-4-5-8-12-10/h5,8,10-11H,2-4,6-7,9H2,1H3. The minimum Gasteiger partial charge on any atom is -0.497 e. The molecule has 0 fully saturated rings. The average Bonchev–Trinajstić information content (AvgIpc) is 2.14. The number of unbranched alkanes of at least 4 members (excludes halogenated alkanes) is 1. The average molecular weight is 169 g/mol. The van der Waals surface area contributed by atoms with Crippen molar-refractivity contribution in [2.45, 2.75) is 38.7 Å². The summed E-state index contributed by atoms with van der Waals surface area (Å²) in [6, 6.07) is 0. The minimum absolute atomic E-state index is 0.409. The van der Waals surface area contributed by atoms with Crippen molar-refractivity contribution in [1.82, 2.24) is 5.32 Å². The first-order valence-corrected chi connectivity index (χ1v) is 4.94. The Labute approximate surface area is 75.0 Å². The van der Waals surface area contributed by atoms with Crippen molar-refractivity contribution in [3.63, 3.8) is 0 Å². The van der Waals surface area contributed by atoms with Gasteiger partial charge in [0.15, 0.2) is 0 Å². The quantitative estimate of drug-likeness (QED) is 0.636.